The van der Waals surface area contributed by atoms with Gasteiger partial charge in [-0.1, -0.05) is 0 Å². The lowest BCUT2D eigenvalue weighted by Crippen LogP contribution is -2.56. The third-order valence-electron chi connectivity index (χ3n) is 3.59. The molecule has 2 rings (SSSR count). The second-order valence-electron chi connectivity index (χ2n) is 5.00. The SMILES string of the molecule is CC1=C(O)C(O)=CC(O)(N2CCN(C)CC2)C1. The molecular weight excluding hydrogens is 220 g/mol. The quantitative estimate of drug-likeness (QED) is 0.626. The van der Waals surface area contributed by atoms with Crippen LogP contribution in [-0.2, 0) is 0 Å². The maximum atomic E-state index is 10.6. The van der Waals surface area contributed by atoms with Crippen molar-refractivity contribution in [1.82, 2.24) is 9.80 Å². The second-order valence-corrected chi connectivity index (χ2v) is 5.00. The van der Waals surface area contributed by atoms with Gasteiger partial charge in [-0.05, 0) is 19.5 Å². The highest BCUT2D eigenvalue weighted by Gasteiger charge is 2.38. The Kier molecular flexibility index (Phi) is 3.16. The van der Waals surface area contributed by atoms with E-state index in [-0.39, 0.29) is 11.5 Å². The summed E-state index contributed by atoms with van der Waals surface area (Å²) >= 11 is 0. The predicted octanol–water partition coefficient (Wildman–Crippen LogP) is 0.600. The van der Waals surface area contributed by atoms with E-state index in [2.05, 4.69) is 4.90 Å². The van der Waals surface area contributed by atoms with Crippen LogP contribution in [-0.4, -0.2) is 64.1 Å². The minimum Gasteiger partial charge on any atom is -0.504 e. The van der Waals surface area contributed by atoms with Crippen LogP contribution in [0.3, 0.4) is 0 Å². The molecule has 1 aliphatic carbocycles. The Balaban J connectivity index is 2.16. The monoisotopic (exact) mass is 240 g/mol. The summed E-state index contributed by atoms with van der Waals surface area (Å²) < 4.78 is 0. The summed E-state index contributed by atoms with van der Waals surface area (Å²) in [5.41, 5.74) is -0.548. The molecule has 0 amide bonds. The van der Waals surface area contributed by atoms with E-state index in [1.807, 2.05) is 11.9 Å². The normalized spacial score (nSPS) is 32.8. The molecule has 5 nitrogen and oxygen atoms in total. The van der Waals surface area contributed by atoms with Gasteiger partial charge in [0.25, 0.3) is 0 Å². The Morgan fingerprint density at radius 1 is 1.18 bits per heavy atom. The Morgan fingerprint density at radius 2 is 1.76 bits per heavy atom. The molecule has 1 saturated heterocycles. The number of piperazine rings is 1. The van der Waals surface area contributed by atoms with E-state index in [1.54, 1.807) is 6.92 Å². The smallest absolute Gasteiger partial charge is 0.157 e. The average Bonchev–Trinajstić information content (AvgIpc) is 2.26. The van der Waals surface area contributed by atoms with E-state index in [4.69, 9.17) is 0 Å². The Morgan fingerprint density at radius 3 is 2.29 bits per heavy atom. The van der Waals surface area contributed by atoms with E-state index in [9.17, 15) is 15.3 Å². The highest BCUT2D eigenvalue weighted by molar-refractivity contribution is 5.32. The summed E-state index contributed by atoms with van der Waals surface area (Å²) in [6.45, 7) is 5.02. The van der Waals surface area contributed by atoms with Crippen LogP contribution in [0.5, 0.6) is 0 Å². The van der Waals surface area contributed by atoms with Crippen molar-refractivity contribution in [3.05, 3.63) is 23.2 Å². The molecule has 3 N–H and O–H groups in total. The van der Waals surface area contributed by atoms with Crippen molar-refractivity contribution in [1.29, 1.82) is 0 Å². The van der Waals surface area contributed by atoms with Crippen molar-refractivity contribution in [2.45, 2.75) is 19.1 Å². The molecule has 0 radical (unpaired) electrons. The van der Waals surface area contributed by atoms with Gasteiger partial charge >= 0.3 is 0 Å². The van der Waals surface area contributed by atoms with Crippen LogP contribution in [0.15, 0.2) is 23.2 Å². The molecular formula is C12H20N2O3. The maximum Gasteiger partial charge on any atom is 0.157 e. The molecule has 1 atom stereocenters. The molecule has 0 saturated carbocycles. The Labute approximate surface area is 101 Å². The molecule has 0 aromatic rings. The van der Waals surface area contributed by atoms with Crippen LogP contribution < -0.4 is 0 Å². The van der Waals surface area contributed by atoms with Crippen LogP contribution in [0.25, 0.3) is 0 Å². The number of aliphatic hydroxyl groups is 3. The summed E-state index contributed by atoms with van der Waals surface area (Å²) in [7, 11) is 2.05. The van der Waals surface area contributed by atoms with E-state index in [0.717, 1.165) is 26.2 Å². The van der Waals surface area contributed by atoms with Crippen LogP contribution in [0.2, 0.25) is 0 Å². The summed E-state index contributed by atoms with van der Waals surface area (Å²) in [5.74, 6) is -0.334. The lowest BCUT2D eigenvalue weighted by Gasteiger charge is -2.43. The highest BCUT2D eigenvalue weighted by Crippen LogP contribution is 2.32. The van der Waals surface area contributed by atoms with Gasteiger partial charge in [-0.15, -0.1) is 0 Å². The first kappa shape index (κ1) is 12.4. The summed E-state index contributed by atoms with van der Waals surface area (Å²) in [6.07, 6.45) is 1.69. The zero-order chi connectivity index (χ0) is 12.6. The van der Waals surface area contributed by atoms with Gasteiger partial charge in [-0.3, -0.25) is 4.90 Å². The van der Waals surface area contributed by atoms with Crippen LogP contribution >= 0.6 is 0 Å². The van der Waals surface area contributed by atoms with Crippen molar-refractivity contribution >= 4 is 0 Å². The number of likely N-dealkylation sites (N-methyl/N-ethyl adjacent to an activating group) is 1. The largest absolute Gasteiger partial charge is 0.504 e. The highest BCUT2D eigenvalue weighted by atomic mass is 16.3. The van der Waals surface area contributed by atoms with Gasteiger partial charge in [0.2, 0.25) is 0 Å². The third-order valence-corrected chi connectivity index (χ3v) is 3.59. The molecule has 0 aromatic carbocycles. The molecule has 5 heteroatoms. The van der Waals surface area contributed by atoms with Gasteiger partial charge in [0, 0.05) is 38.7 Å². The van der Waals surface area contributed by atoms with Crippen molar-refractivity contribution in [3.63, 3.8) is 0 Å². The molecule has 0 aromatic heterocycles. The van der Waals surface area contributed by atoms with Crippen LogP contribution in [0, 0.1) is 0 Å². The molecule has 17 heavy (non-hydrogen) atoms. The summed E-state index contributed by atoms with van der Waals surface area (Å²) in [4.78, 5) is 4.14. The average molecular weight is 240 g/mol. The lowest BCUT2D eigenvalue weighted by molar-refractivity contribution is -0.0885. The standard InChI is InChI=1S/C12H20N2O3/c1-9-7-12(17,8-10(15)11(9)16)14-5-3-13(2)4-6-14/h8,15-17H,3-7H2,1-2H3. The molecule has 96 valence electrons. The minimum absolute atomic E-state index is 0.108. The fraction of sp³-hybridized carbons (Fsp3) is 0.667. The summed E-state index contributed by atoms with van der Waals surface area (Å²) in [6, 6.07) is 0. The molecule has 1 fully saturated rings. The zero-order valence-electron chi connectivity index (χ0n) is 10.3. The predicted molar refractivity (Wildman–Crippen MR) is 64.7 cm³/mol. The van der Waals surface area contributed by atoms with Gasteiger partial charge in [0.1, 0.15) is 5.72 Å². The van der Waals surface area contributed by atoms with E-state index >= 15 is 0 Å². The first-order chi connectivity index (χ1) is 7.92. The number of nitrogens with zero attached hydrogens (tertiary/aromatic N) is 2. The van der Waals surface area contributed by atoms with Gasteiger partial charge in [-0.2, -0.15) is 0 Å². The van der Waals surface area contributed by atoms with Crippen molar-refractivity contribution in [3.8, 4) is 0 Å². The minimum atomic E-state index is -1.17. The van der Waals surface area contributed by atoms with Gasteiger partial charge in [0.15, 0.2) is 11.5 Å². The van der Waals surface area contributed by atoms with E-state index in [0.29, 0.717) is 12.0 Å². The number of rotatable bonds is 1. The lowest BCUT2D eigenvalue weighted by atomic mass is 9.93. The first-order valence-electron chi connectivity index (χ1n) is 5.89. The van der Waals surface area contributed by atoms with Crippen molar-refractivity contribution < 1.29 is 15.3 Å². The van der Waals surface area contributed by atoms with E-state index in [1.165, 1.54) is 6.08 Å². The topological polar surface area (TPSA) is 67.2 Å². The number of hydrogen-bond acceptors (Lipinski definition) is 5. The molecule has 1 aliphatic heterocycles. The maximum absolute atomic E-state index is 10.6. The second kappa shape index (κ2) is 4.33. The fourth-order valence-corrected chi connectivity index (χ4v) is 2.43. The van der Waals surface area contributed by atoms with Crippen molar-refractivity contribution in [2.24, 2.45) is 0 Å². The summed E-state index contributed by atoms with van der Waals surface area (Å²) in [5, 5.41) is 29.7. The van der Waals surface area contributed by atoms with Gasteiger partial charge < -0.3 is 20.2 Å². The van der Waals surface area contributed by atoms with Gasteiger partial charge in [0.05, 0.1) is 0 Å². The van der Waals surface area contributed by atoms with Crippen LogP contribution in [0.1, 0.15) is 13.3 Å². The molecule has 0 bridgehead atoms. The molecule has 1 heterocycles. The van der Waals surface area contributed by atoms with E-state index < -0.39 is 5.72 Å². The molecule has 1 unspecified atom stereocenters. The van der Waals surface area contributed by atoms with Crippen LogP contribution in [0.4, 0.5) is 0 Å². The zero-order valence-corrected chi connectivity index (χ0v) is 10.3. The molecule has 2 aliphatic rings. The Bertz CT molecular complexity index is 370. The Hall–Kier alpha value is -1.04. The fourth-order valence-electron chi connectivity index (χ4n) is 2.43. The third kappa shape index (κ3) is 2.31. The first-order valence-corrected chi connectivity index (χ1v) is 5.89. The van der Waals surface area contributed by atoms with Crippen molar-refractivity contribution in [2.75, 3.05) is 33.2 Å². The number of aliphatic hydroxyl groups excluding tert-OH is 2. The molecule has 0 spiro atoms. The number of hydrogen-bond donors (Lipinski definition) is 3. The van der Waals surface area contributed by atoms with Gasteiger partial charge in [-0.25, -0.2) is 0 Å².